The van der Waals surface area contributed by atoms with E-state index in [1.54, 1.807) is 0 Å². The molecular weight excluding hydrogens is 399 g/mol. The molecular formula is C21H20ClFN2O4. The summed E-state index contributed by atoms with van der Waals surface area (Å²) in [5.74, 6) is -0.268. The largest absolute Gasteiger partial charge is 0.490 e. The third-order valence-corrected chi connectivity index (χ3v) is 5.34. The van der Waals surface area contributed by atoms with Crippen molar-refractivity contribution in [1.82, 2.24) is 4.90 Å². The van der Waals surface area contributed by atoms with Gasteiger partial charge in [-0.05, 0) is 37.5 Å². The topological polar surface area (TPSA) is 59.1 Å². The SMILES string of the molecule is O=C1C2CCCCN2C(=O)N1c1cc(OCCOc2ccccc2)c(Cl)cc1F. The molecule has 1 atom stereocenters. The highest BCUT2D eigenvalue weighted by Crippen LogP contribution is 2.37. The molecule has 0 bridgehead atoms. The third kappa shape index (κ3) is 3.87. The first kappa shape index (κ1) is 19.5. The number of imide groups is 1. The zero-order valence-electron chi connectivity index (χ0n) is 15.6. The molecule has 2 saturated heterocycles. The van der Waals surface area contributed by atoms with E-state index in [1.807, 2.05) is 30.3 Å². The average Bonchev–Trinajstić information content (AvgIpc) is 2.98. The second-order valence-corrected chi connectivity index (χ2v) is 7.31. The van der Waals surface area contributed by atoms with Gasteiger partial charge < -0.3 is 14.4 Å². The van der Waals surface area contributed by atoms with E-state index in [0.717, 1.165) is 23.8 Å². The fraction of sp³-hybridized carbons (Fsp3) is 0.333. The highest BCUT2D eigenvalue weighted by atomic mass is 35.5. The number of anilines is 1. The van der Waals surface area contributed by atoms with Crippen LogP contribution < -0.4 is 14.4 Å². The van der Waals surface area contributed by atoms with Crippen LogP contribution in [0.2, 0.25) is 5.02 Å². The molecule has 0 radical (unpaired) electrons. The quantitative estimate of drug-likeness (QED) is 0.519. The van der Waals surface area contributed by atoms with Gasteiger partial charge in [-0.15, -0.1) is 0 Å². The summed E-state index contributed by atoms with van der Waals surface area (Å²) in [7, 11) is 0. The Morgan fingerprint density at radius 1 is 1.07 bits per heavy atom. The van der Waals surface area contributed by atoms with Gasteiger partial charge in [0.1, 0.15) is 36.6 Å². The molecule has 152 valence electrons. The molecule has 0 aromatic heterocycles. The molecule has 0 N–H and O–H groups in total. The second kappa shape index (κ2) is 8.29. The van der Waals surface area contributed by atoms with Gasteiger partial charge in [0.05, 0.1) is 10.7 Å². The third-order valence-electron chi connectivity index (χ3n) is 5.04. The normalized spacial score (nSPS) is 18.8. The number of fused-ring (bicyclic) bond motifs is 1. The van der Waals surface area contributed by atoms with Crippen molar-refractivity contribution in [3.05, 3.63) is 53.3 Å². The molecule has 2 heterocycles. The van der Waals surface area contributed by atoms with Crippen molar-refractivity contribution in [2.24, 2.45) is 0 Å². The summed E-state index contributed by atoms with van der Waals surface area (Å²) in [6.07, 6.45) is 2.30. The minimum absolute atomic E-state index is 0.0581. The molecule has 0 saturated carbocycles. The summed E-state index contributed by atoms with van der Waals surface area (Å²) in [5, 5.41) is 0.0581. The van der Waals surface area contributed by atoms with Crippen molar-refractivity contribution < 1.29 is 23.5 Å². The van der Waals surface area contributed by atoms with E-state index < -0.39 is 23.8 Å². The molecule has 2 aromatic carbocycles. The van der Waals surface area contributed by atoms with E-state index >= 15 is 0 Å². The Balaban J connectivity index is 1.48. The van der Waals surface area contributed by atoms with Gasteiger partial charge in [-0.2, -0.15) is 0 Å². The Morgan fingerprint density at radius 2 is 1.83 bits per heavy atom. The van der Waals surface area contributed by atoms with Gasteiger partial charge in [0.25, 0.3) is 5.91 Å². The van der Waals surface area contributed by atoms with E-state index in [1.165, 1.54) is 11.0 Å². The van der Waals surface area contributed by atoms with Crippen molar-refractivity contribution in [3.63, 3.8) is 0 Å². The maximum Gasteiger partial charge on any atom is 0.332 e. The Labute approximate surface area is 172 Å². The van der Waals surface area contributed by atoms with E-state index in [9.17, 15) is 14.0 Å². The summed E-state index contributed by atoms with van der Waals surface area (Å²) in [5.41, 5.74) is -0.141. The zero-order valence-corrected chi connectivity index (χ0v) is 16.4. The van der Waals surface area contributed by atoms with Crippen molar-refractivity contribution in [2.75, 3.05) is 24.7 Å². The number of carbonyl (C=O) groups is 2. The second-order valence-electron chi connectivity index (χ2n) is 6.91. The molecule has 8 heteroatoms. The number of hydrogen-bond acceptors (Lipinski definition) is 4. The van der Waals surface area contributed by atoms with Crippen molar-refractivity contribution in [1.29, 1.82) is 0 Å². The monoisotopic (exact) mass is 418 g/mol. The van der Waals surface area contributed by atoms with Crippen LogP contribution in [0.15, 0.2) is 42.5 Å². The molecule has 2 fully saturated rings. The van der Waals surface area contributed by atoms with Crippen LogP contribution >= 0.6 is 11.6 Å². The van der Waals surface area contributed by atoms with Gasteiger partial charge in [0.15, 0.2) is 0 Å². The Morgan fingerprint density at radius 3 is 2.59 bits per heavy atom. The van der Waals surface area contributed by atoms with Gasteiger partial charge in [-0.25, -0.2) is 14.1 Å². The van der Waals surface area contributed by atoms with Gasteiger partial charge in [0, 0.05) is 12.6 Å². The lowest BCUT2D eigenvalue weighted by Crippen LogP contribution is -2.39. The van der Waals surface area contributed by atoms with Crippen LogP contribution in [-0.4, -0.2) is 42.6 Å². The zero-order chi connectivity index (χ0) is 20.4. The van der Waals surface area contributed by atoms with Gasteiger partial charge in [-0.1, -0.05) is 29.8 Å². The first-order chi connectivity index (χ1) is 14.1. The number of piperidine rings is 1. The van der Waals surface area contributed by atoms with Crippen molar-refractivity contribution >= 4 is 29.2 Å². The minimum Gasteiger partial charge on any atom is -0.490 e. The molecule has 2 aromatic rings. The number of ether oxygens (including phenoxy) is 2. The lowest BCUT2D eigenvalue weighted by atomic mass is 10.0. The fourth-order valence-corrected chi connectivity index (χ4v) is 3.84. The number of urea groups is 1. The van der Waals surface area contributed by atoms with Crippen LogP contribution in [0.3, 0.4) is 0 Å². The first-order valence-electron chi connectivity index (χ1n) is 9.50. The highest BCUT2D eigenvalue weighted by molar-refractivity contribution is 6.32. The number of benzene rings is 2. The number of para-hydroxylation sites is 1. The smallest absolute Gasteiger partial charge is 0.332 e. The lowest BCUT2D eigenvalue weighted by molar-refractivity contribution is -0.120. The van der Waals surface area contributed by atoms with Crippen LogP contribution in [0, 0.1) is 5.82 Å². The molecule has 0 spiro atoms. The van der Waals surface area contributed by atoms with Gasteiger partial charge in [-0.3, -0.25) is 4.79 Å². The Kier molecular flexibility index (Phi) is 5.58. The molecule has 2 aliphatic heterocycles. The first-order valence-corrected chi connectivity index (χ1v) is 9.88. The number of hydrogen-bond donors (Lipinski definition) is 0. The van der Waals surface area contributed by atoms with Crippen molar-refractivity contribution in [3.8, 4) is 11.5 Å². The number of amides is 3. The van der Waals surface area contributed by atoms with Crippen LogP contribution in [0.1, 0.15) is 19.3 Å². The van der Waals surface area contributed by atoms with E-state index in [0.29, 0.717) is 18.7 Å². The maximum atomic E-state index is 14.6. The summed E-state index contributed by atoms with van der Waals surface area (Å²) in [6, 6.07) is 10.6. The molecule has 1 unspecified atom stereocenters. The highest BCUT2D eigenvalue weighted by Gasteiger charge is 2.47. The summed E-state index contributed by atoms with van der Waals surface area (Å²) in [4.78, 5) is 27.8. The van der Waals surface area contributed by atoms with Crippen LogP contribution in [-0.2, 0) is 4.79 Å². The molecule has 4 rings (SSSR count). The minimum atomic E-state index is -0.746. The fourth-order valence-electron chi connectivity index (χ4n) is 3.64. The van der Waals surface area contributed by atoms with Gasteiger partial charge >= 0.3 is 6.03 Å². The predicted molar refractivity (Wildman–Crippen MR) is 106 cm³/mol. The average molecular weight is 419 g/mol. The van der Waals surface area contributed by atoms with Crippen LogP contribution in [0.25, 0.3) is 0 Å². The molecule has 2 aliphatic rings. The summed E-state index contributed by atoms with van der Waals surface area (Å²) >= 11 is 6.09. The number of carbonyl (C=O) groups excluding carboxylic acids is 2. The Bertz CT molecular complexity index is 900. The molecule has 29 heavy (non-hydrogen) atoms. The molecule has 0 aliphatic carbocycles. The van der Waals surface area contributed by atoms with Crippen molar-refractivity contribution in [2.45, 2.75) is 25.3 Å². The Hall–Kier alpha value is -2.80. The number of rotatable bonds is 6. The number of nitrogens with zero attached hydrogens (tertiary/aromatic N) is 2. The predicted octanol–water partition coefficient (Wildman–Crippen LogP) is 4.26. The van der Waals surface area contributed by atoms with Crippen LogP contribution in [0.5, 0.6) is 11.5 Å². The lowest BCUT2D eigenvalue weighted by Gasteiger charge is -2.26. The van der Waals surface area contributed by atoms with Gasteiger partial charge in [0.2, 0.25) is 0 Å². The maximum absolute atomic E-state index is 14.6. The standard InChI is InChI=1S/C21H20ClFN2O4/c22-15-12-16(23)18(25-20(26)17-8-4-5-9-24(17)21(25)27)13-19(15)29-11-10-28-14-6-2-1-3-7-14/h1-3,6-7,12-13,17H,4-5,8-11H2. The molecule has 3 amide bonds. The van der Waals surface area contributed by atoms with E-state index in [-0.39, 0.29) is 29.7 Å². The molecule has 6 nitrogen and oxygen atoms in total. The van der Waals surface area contributed by atoms with E-state index in [4.69, 9.17) is 21.1 Å². The van der Waals surface area contributed by atoms with Crippen LogP contribution in [0.4, 0.5) is 14.9 Å². The summed E-state index contributed by atoms with van der Waals surface area (Å²) in [6.45, 7) is 0.919. The van der Waals surface area contributed by atoms with E-state index in [2.05, 4.69) is 0 Å². The number of halogens is 2. The summed E-state index contributed by atoms with van der Waals surface area (Å²) < 4.78 is 25.8.